The fourth-order valence-corrected chi connectivity index (χ4v) is 1.91. The van der Waals surface area contributed by atoms with E-state index in [4.69, 9.17) is 23.2 Å². The van der Waals surface area contributed by atoms with Crippen LogP contribution in [0.4, 0.5) is 0 Å². The molecule has 0 aliphatic carbocycles. The first-order chi connectivity index (χ1) is 10.0. The lowest BCUT2D eigenvalue weighted by Crippen LogP contribution is -2.17. The van der Waals surface area contributed by atoms with Crippen LogP contribution >= 0.6 is 23.2 Å². The number of nitrogens with one attached hydrogen (secondary N) is 1. The lowest BCUT2D eigenvalue weighted by molar-refractivity contribution is 0.0955. The zero-order valence-electron chi connectivity index (χ0n) is 10.4. The highest BCUT2D eigenvalue weighted by atomic mass is 35.5. The molecule has 3 N–H and O–H groups in total. The summed E-state index contributed by atoms with van der Waals surface area (Å²) >= 11 is 11.4. The fraction of sp³-hybridized carbons (Fsp3) is 0. The number of hydrogen-bond acceptors (Lipinski definition) is 5. The number of phenolic OH excluding ortho intramolecular Hbond substituents is 2. The first-order valence-corrected chi connectivity index (χ1v) is 6.39. The molecule has 2 aromatic rings. The van der Waals surface area contributed by atoms with Crippen molar-refractivity contribution in [3.8, 4) is 11.5 Å². The Labute approximate surface area is 129 Å². The maximum Gasteiger partial charge on any atom is 0.271 e. The minimum absolute atomic E-state index is 0.0419. The molecule has 2 rings (SSSR count). The van der Waals surface area contributed by atoms with E-state index in [9.17, 15) is 15.0 Å². The van der Waals surface area contributed by atoms with E-state index in [1.54, 1.807) is 0 Å². The molecule has 21 heavy (non-hydrogen) atoms. The van der Waals surface area contributed by atoms with Gasteiger partial charge in [0.1, 0.15) is 10.8 Å². The number of nitrogens with zero attached hydrogens (tertiary/aromatic N) is 2. The Morgan fingerprint density at radius 2 is 1.90 bits per heavy atom. The Hall–Kier alpha value is -2.31. The number of amides is 1. The van der Waals surface area contributed by atoms with Gasteiger partial charge in [-0.25, -0.2) is 5.43 Å². The summed E-state index contributed by atoms with van der Waals surface area (Å²) in [4.78, 5) is 15.5. The van der Waals surface area contributed by atoms with Gasteiger partial charge in [-0.1, -0.05) is 23.2 Å². The second-order valence-electron chi connectivity index (χ2n) is 3.89. The van der Waals surface area contributed by atoms with Gasteiger partial charge in [-0.2, -0.15) is 5.10 Å². The minimum Gasteiger partial charge on any atom is -0.506 e. The first-order valence-electron chi connectivity index (χ1n) is 5.64. The topological polar surface area (TPSA) is 94.8 Å². The van der Waals surface area contributed by atoms with Gasteiger partial charge in [0.25, 0.3) is 5.91 Å². The summed E-state index contributed by atoms with van der Waals surface area (Å²) in [5.74, 6) is -1.25. The lowest BCUT2D eigenvalue weighted by Gasteiger charge is -2.05. The summed E-state index contributed by atoms with van der Waals surface area (Å²) in [6.45, 7) is 0. The Morgan fingerprint density at radius 1 is 1.24 bits per heavy atom. The molecule has 1 heterocycles. The van der Waals surface area contributed by atoms with Crippen LogP contribution in [0.2, 0.25) is 10.0 Å². The van der Waals surface area contributed by atoms with Crippen LogP contribution in [-0.4, -0.2) is 27.3 Å². The highest BCUT2D eigenvalue weighted by molar-refractivity contribution is 6.38. The van der Waals surface area contributed by atoms with Crippen molar-refractivity contribution in [3.63, 3.8) is 0 Å². The highest BCUT2D eigenvalue weighted by Gasteiger charge is 2.13. The fourth-order valence-electron chi connectivity index (χ4n) is 1.44. The van der Waals surface area contributed by atoms with Gasteiger partial charge in [-0.3, -0.25) is 9.78 Å². The summed E-state index contributed by atoms with van der Waals surface area (Å²) < 4.78 is 0. The van der Waals surface area contributed by atoms with Crippen LogP contribution in [0.15, 0.2) is 35.7 Å². The van der Waals surface area contributed by atoms with Crippen molar-refractivity contribution in [2.45, 2.75) is 0 Å². The van der Waals surface area contributed by atoms with Gasteiger partial charge in [0.2, 0.25) is 0 Å². The van der Waals surface area contributed by atoms with E-state index < -0.39 is 11.7 Å². The molecule has 0 saturated heterocycles. The molecule has 1 amide bonds. The molecule has 0 atom stereocenters. The summed E-state index contributed by atoms with van der Waals surface area (Å²) in [5, 5.41) is 22.5. The lowest BCUT2D eigenvalue weighted by atomic mass is 10.2. The predicted octanol–water partition coefficient (Wildman–Crippen LogP) is 2.56. The van der Waals surface area contributed by atoms with Crippen LogP contribution in [0.1, 0.15) is 15.9 Å². The number of benzene rings is 1. The maximum atomic E-state index is 11.7. The van der Waals surface area contributed by atoms with Crippen LogP contribution in [0.3, 0.4) is 0 Å². The van der Waals surface area contributed by atoms with Crippen LogP contribution < -0.4 is 5.43 Å². The molecule has 0 spiro atoms. The highest BCUT2D eigenvalue weighted by Crippen LogP contribution is 2.40. The standard InChI is InChI=1S/C13H9Cl2N3O3/c14-9-5-8(11(19)10(15)12(9)20)6-17-18-13(21)7-1-3-16-4-2-7/h1-6,19-20H,(H,18,21)/b17-6-. The van der Waals surface area contributed by atoms with Crippen molar-refractivity contribution in [1.82, 2.24) is 10.4 Å². The molecule has 0 aliphatic heterocycles. The van der Waals surface area contributed by atoms with Gasteiger partial charge >= 0.3 is 0 Å². The Kier molecular flexibility index (Phi) is 4.62. The minimum atomic E-state index is -0.441. The van der Waals surface area contributed by atoms with Gasteiger partial charge in [0.15, 0.2) is 5.75 Å². The van der Waals surface area contributed by atoms with Crippen molar-refractivity contribution < 1.29 is 15.0 Å². The van der Waals surface area contributed by atoms with Crippen LogP contribution in [0.5, 0.6) is 11.5 Å². The smallest absolute Gasteiger partial charge is 0.271 e. The number of aromatic hydroxyl groups is 2. The number of pyridine rings is 1. The quantitative estimate of drug-likeness (QED) is 0.597. The van der Waals surface area contributed by atoms with Gasteiger partial charge in [-0.05, 0) is 18.2 Å². The van der Waals surface area contributed by atoms with Gasteiger partial charge in [0, 0.05) is 23.5 Å². The van der Waals surface area contributed by atoms with E-state index in [-0.39, 0.29) is 21.4 Å². The predicted molar refractivity (Wildman–Crippen MR) is 79.1 cm³/mol. The molecular weight excluding hydrogens is 317 g/mol. The average molecular weight is 326 g/mol. The molecule has 0 aliphatic rings. The molecule has 0 bridgehead atoms. The normalized spacial score (nSPS) is 10.8. The number of hydrogen-bond donors (Lipinski definition) is 3. The van der Waals surface area contributed by atoms with Crippen molar-refractivity contribution in [2.75, 3.05) is 0 Å². The average Bonchev–Trinajstić information content (AvgIpc) is 2.51. The maximum absolute atomic E-state index is 11.7. The number of rotatable bonds is 3. The molecule has 0 unspecified atom stereocenters. The largest absolute Gasteiger partial charge is 0.506 e. The Balaban J connectivity index is 2.14. The van der Waals surface area contributed by atoms with E-state index in [1.165, 1.54) is 30.6 Å². The summed E-state index contributed by atoms with van der Waals surface area (Å²) in [6, 6.07) is 4.31. The molecule has 1 aromatic carbocycles. The summed E-state index contributed by atoms with van der Waals surface area (Å²) in [6.07, 6.45) is 4.11. The third kappa shape index (κ3) is 3.42. The number of halogens is 2. The molecule has 0 fully saturated rings. The summed E-state index contributed by atoms with van der Waals surface area (Å²) in [7, 11) is 0. The second kappa shape index (κ2) is 6.43. The number of carbonyl (C=O) groups excluding carboxylic acids is 1. The van der Waals surface area contributed by atoms with Crippen molar-refractivity contribution in [3.05, 3.63) is 51.8 Å². The van der Waals surface area contributed by atoms with Crippen molar-refractivity contribution in [2.24, 2.45) is 5.10 Å². The number of aromatic nitrogens is 1. The van der Waals surface area contributed by atoms with Crippen molar-refractivity contribution >= 4 is 35.3 Å². The molecule has 6 nitrogen and oxygen atoms in total. The van der Waals surface area contributed by atoms with Gasteiger partial charge in [0.05, 0.1) is 11.2 Å². The molecule has 8 heteroatoms. The van der Waals surface area contributed by atoms with E-state index in [0.717, 1.165) is 6.21 Å². The number of carbonyl (C=O) groups is 1. The Bertz CT molecular complexity index is 706. The number of hydrazone groups is 1. The van der Waals surface area contributed by atoms with E-state index in [1.807, 2.05) is 0 Å². The zero-order chi connectivity index (χ0) is 15.4. The van der Waals surface area contributed by atoms with E-state index >= 15 is 0 Å². The van der Waals surface area contributed by atoms with Crippen LogP contribution in [-0.2, 0) is 0 Å². The Morgan fingerprint density at radius 3 is 2.57 bits per heavy atom. The second-order valence-corrected chi connectivity index (χ2v) is 4.68. The third-order valence-electron chi connectivity index (χ3n) is 2.51. The van der Waals surface area contributed by atoms with Gasteiger partial charge in [-0.15, -0.1) is 0 Å². The van der Waals surface area contributed by atoms with Gasteiger partial charge < -0.3 is 10.2 Å². The van der Waals surface area contributed by atoms with Crippen LogP contribution in [0, 0.1) is 0 Å². The van der Waals surface area contributed by atoms with E-state index in [0.29, 0.717) is 5.56 Å². The number of phenols is 2. The molecule has 108 valence electrons. The SMILES string of the molecule is O=C(N/N=C\c1cc(Cl)c(O)c(Cl)c1O)c1ccncc1. The first kappa shape index (κ1) is 15.1. The molecule has 1 aromatic heterocycles. The monoisotopic (exact) mass is 325 g/mol. The van der Waals surface area contributed by atoms with Crippen LogP contribution in [0.25, 0.3) is 0 Å². The molecular formula is C13H9Cl2N3O3. The van der Waals surface area contributed by atoms with E-state index in [2.05, 4.69) is 15.5 Å². The molecule has 0 radical (unpaired) electrons. The zero-order valence-corrected chi connectivity index (χ0v) is 11.9. The summed E-state index contributed by atoms with van der Waals surface area (Å²) in [5.41, 5.74) is 2.80. The molecule has 0 saturated carbocycles. The third-order valence-corrected chi connectivity index (χ3v) is 3.16. The van der Waals surface area contributed by atoms with Crippen molar-refractivity contribution in [1.29, 1.82) is 0 Å².